The summed E-state index contributed by atoms with van der Waals surface area (Å²) in [5.74, 6) is -0.633. The highest BCUT2D eigenvalue weighted by Gasteiger charge is 2.26. The predicted octanol–water partition coefficient (Wildman–Crippen LogP) is 4.03. The zero-order chi connectivity index (χ0) is 19.2. The molecule has 1 N–H and O–H groups in total. The van der Waals surface area contributed by atoms with Crippen molar-refractivity contribution in [2.45, 2.75) is 19.9 Å². The number of nitrogens with zero attached hydrogens (tertiary/aromatic N) is 3. The fourth-order valence-electron chi connectivity index (χ4n) is 3.14. The number of carbonyl (C=O) groups is 1. The van der Waals surface area contributed by atoms with Gasteiger partial charge >= 0.3 is 0 Å². The highest BCUT2D eigenvalue weighted by Crippen LogP contribution is 2.24. The highest BCUT2D eigenvalue weighted by molar-refractivity contribution is 5.95. The van der Waals surface area contributed by atoms with Gasteiger partial charge < -0.3 is 5.32 Å². The first-order valence-corrected chi connectivity index (χ1v) is 9.03. The Morgan fingerprint density at radius 3 is 2.48 bits per heavy atom. The molecule has 0 aliphatic rings. The van der Waals surface area contributed by atoms with Gasteiger partial charge in [0.25, 0.3) is 0 Å². The standard InChI is InChI=1S/C21H23FN4O/c1-3-25(4-2)20(16-9-6-5-7-10-16)21(27)24-17-11-12-19(18(22)15-17)26-14-8-13-23-26/h5-15,20H,3-4H2,1-2H3,(H,24,27). The molecule has 0 aliphatic heterocycles. The van der Waals surface area contributed by atoms with Crippen LogP contribution in [0, 0.1) is 5.82 Å². The molecule has 5 nitrogen and oxygen atoms in total. The largest absolute Gasteiger partial charge is 0.324 e. The van der Waals surface area contributed by atoms with E-state index in [4.69, 9.17) is 0 Å². The van der Waals surface area contributed by atoms with Crippen LogP contribution in [0.2, 0.25) is 0 Å². The fourth-order valence-corrected chi connectivity index (χ4v) is 3.14. The maximum atomic E-state index is 14.5. The number of halogens is 1. The molecule has 1 unspecified atom stereocenters. The van der Waals surface area contributed by atoms with E-state index >= 15 is 0 Å². The van der Waals surface area contributed by atoms with Crippen LogP contribution >= 0.6 is 0 Å². The predicted molar refractivity (Wildman–Crippen MR) is 104 cm³/mol. The summed E-state index contributed by atoms with van der Waals surface area (Å²) in [6.45, 7) is 5.50. The molecule has 0 bridgehead atoms. The van der Waals surface area contributed by atoms with E-state index in [2.05, 4.69) is 15.3 Å². The Hall–Kier alpha value is -2.99. The maximum absolute atomic E-state index is 14.5. The molecule has 3 aromatic rings. The van der Waals surface area contributed by atoms with Gasteiger partial charge in [0.05, 0.1) is 0 Å². The van der Waals surface area contributed by atoms with E-state index in [1.807, 2.05) is 44.2 Å². The average molecular weight is 366 g/mol. The minimum atomic E-state index is -0.449. The van der Waals surface area contributed by atoms with Crippen LogP contribution in [-0.4, -0.2) is 33.7 Å². The zero-order valence-corrected chi connectivity index (χ0v) is 15.5. The molecule has 1 heterocycles. The third-order valence-electron chi connectivity index (χ3n) is 4.51. The molecular formula is C21H23FN4O. The monoisotopic (exact) mass is 366 g/mol. The van der Waals surface area contributed by atoms with Crippen molar-refractivity contribution in [1.29, 1.82) is 0 Å². The van der Waals surface area contributed by atoms with E-state index in [1.165, 1.54) is 10.7 Å². The van der Waals surface area contributed by atoms with Gasteiger partial charge in [-0.15, -0.1) is 0 Å². The van der Waals surface area contributed by atoms with Crippen molar-refractivity contribution >= 4 is 11.6 Å². The van der Waals surface area contributed by atoms with Crippen LogP contribution in [0.5, 0.6) is 0 Å². The van der Waals surface area contributed by atoms with Crippen molar-refractivity contribution in [3.63, 3.8) is 0 Å². The summed E-state index contributed by atoms with van der Waals surface area (Å²) >= 11 is 0. The van der Waals surface area contributed by atoms with Crippen LogP contribution in [0.3, 0.4) is 0 Å². The number of amides is 1. The van der Waals surface area contributed by atoms with Gasteiger partial charge in [-0.2, -0.15) is 5.10 Å². The van der Waals surface area contributed by atoms with Crippen molar-refractivity contribution in [3.05, 3.63) is 78.4 Å². The lowest BCUT2D eigenvalue weighted by Gasteiger charge is -2.29. The quantitative estimate of drug-likeness (QED) is 0.687. The molecule has 0 spiro atoms. The summed E-state index contributed by atoms with van der Waals surface area (Å²) in [4.78, 5) is 15.1. The smallest absolute Gasteiger partial charge is 0.246 e. The van der Waals surface area contributed by atoms with E-state index in [9.17, 15) is 9.18 Å². The van der Waals surface area contributed by atoms with Crippen LogP contribution in [0.1, 0.15) is 25.5 Å². The van der Waals surface area contributed by atoms with Crippen LogP contribution in [0.4, 0.5) is 10.1 Å². The molecule has 6 heteroatoms. The number of anilines is 1. The Kier molecular flexibility index (Phi) is 5.98. The normalized spacial score (nSPS) is 12.1. The van der Waals surface area contributed by atoms with E-state index in [0.29, 0.717) is 11.4 Å². The number of nitrogens with one attached hydrogen (secondary N) is 1. The summed E-state index contributed by atoms with van der Waals surface area (Å²) in [5, 5.41) is 6.89. The van der Waals surface area contributed by atoms with E-state index in [-0.39, 0.29) is 5.91 Å². The van der Waals surface area contributed by atoms with Crippen molar-refractivity contribution in [1.82, 2.24) is 14.7 Å². The number of rotatable bonds is 7. The number of benzene rings is 2. The molecule has 1 amide bonds. The number of aromatic nitrogens is 2. The SMILES string of the molecule is CCN(CC)C(C(=O)Nc1ccc(-n2cccn2)c(F)c1)c1ccccc1. The summed E-state index contributed by atoms with van der Waals surface area (Å²) in [6.07, 6.45) is 3.26. The maximum Gasteiger partial charge on any atom is 0.246 e. The lowest BCUT2D eigenvalue weighted by molar-refractivity contribution is -0.121. The first-order valence-electron chi connectivity index (χ1n) is 9.03. The van der Waals surface area contributed by atoms with Crippen LogP contribution in [-0.2, 0) is 4.79 Å². The van der Waals surface area contributed by atoms with Gasteiger partial charge in [0.2, 0.25) is 5.91 Å². The molecule has 0 saturated carbocycles. The number of carbonyl (C=O) groups excluding carboxylic acids is 1. The second-order valence-electron chi connectivity index (χ2n) is 6.14. The van der Waals surface area contributed by atoms with E-state index in [0.717, 1.165) is 18.7 Å². The Balaban J connectivity index is 1.84. The summed E-state index contributed by atoms with van der Waals surface area (Å²) in [6, 6.07) is 15.5. The fraction of sp³-hybridized carbons (Fsp3) is 0.238. The van der Waals surface area contributed by atoms with Gasteiger partial charge in [-0.25, -0.2) is 9.07 Å². The molecule has 0 radical (unpaired) electrons. The Morgan fingerprint density at radius 2 is 1.89 bits per heavy atom. The third kappa shape index (κ3) is 4.23. The Morgan fingerprint density at radius 1 is 1.15 bits per heavy atom. The molecule has 0 saturated heterocycles. The van der Waals surface area contributed by atoms with Crippen molar-refractivity contribution in [2.24, 2.45) is 0 Å². The molecule has 0 fully saturated rings. The van der Waals surface area contributed by atoms with Gasteiger partial charge in [0, 0.05) is 18.1 Å². The molecule has 1 aromatic heterocycles. The molecule has 3 rings (SSSR count). The minimum absolute atomic E-state index is 0.184. The van der Waals surface area contributed by atoms with Crippen LogP contribution in [0.15, 0.2) is 67.0 Å². The molecular weight excluding hydrogens is 343 g/mol. The average Bonchev–Trinajstić information content (AvgIpc) is 3.21. The lowest BCUT2D eigenvalue weighted by atomic mass is 10.0. The van der Waals surface area contributed by atoms with Crippen molar-refractivity contribution in [2.75, 3.05) is 18.4 Å². The minimum Gasteiger partial charge on any atom is -0.324 e. The van der Waals surface area contributed by atoms with Crippen molar-refractivity contribution in [3.8, 4) is 5.69 Å². The zero-order valence-electron chi connectivity index (χ0n) is 15.5. The van der Waals surface area contributed by atoms with Gasteiger partial charge in [-0.3, -0.25) is 9.69 Å². The summed E-state index contributed by atoms with van der Waals surface area (Å²) in [7, 11) is 0. The lowest BCUT2D eigenvalue weighted by Crippen LogP contribution is -2.37. The van der Waals surface area contributed by atoms with E-state index < -0.39 is 11.9 Å². The molecule has 1 atom stereocenters. The highest BCUT2D eigenvalue weighted by atomic mass is 19.1. The third-order valence-corrected chi connectivity index (χ3v) is 4.51. The second-order valence-corrected chi connectivity index (χ2v) is 6.14. The number of hydrogen-bond acceptors (Lipinski definition) is 3. The summed E-state index contributed by atoms with van der Waals surface area (Å²) in [5.41, 5.74) is 1.66. The van der Waals surface area contributed by atoms with Gasteiger partial charge in [0.15, 0.2) is 5.82 Å². The second kappa shape index (κ2) is 8.60. The van der Waals surface area contributed by atoms with E-state index in [1.54, 1.807) is 30.6 Å². The van der Waals surface area contributed by atoms with Gasteiger partial charge in [0.1, 0.15) is 11.7 Å². The topological polar surface area (TPSA) is 50.2 Å². The first-order chi connectivity index (χ1) is 13.1. The number of likely N-dealkylation sites (N-methyl/N-ethyl adjacent to an activating group) is 1. The number of hydrogen-bond donors (Lipinski definition) is 1. The molecule has 140 valence electrons. The van der Waals surface area contributed by atoms with Crippen LogP contribution in [0.25, 0.3) is 5.69 Å². The molecule has 2 aromatic carbocycles. The van der Waals surface area contributed by atoms with Gasteiger partial charge in [-0.1, -0.05) is 44.2 Å². The Bertz CT molecular complexity index is 876. The van der Waals surface area contributed by atoms with Crippen molar-refractivity contribution < 1.29 is 9.18 Å². The summed E-state index contributed by atoms with van der Waals surface area (Å²) < 4.78 is 15.9. The molecule has 0 aliphatic carbocycles. The van der Waals surface area contributed by atoms with Gasteiger partial charge in [-0.05, 0) is 42.9 Å². The first kappa shape index (κ1) is 18.8. The molecule has 27 heavy (non-hydrogen) atoms. The Labute approximate surface area is 158 Å². The van der Waals surface area contributed by atoms with Crippen LogP contribution < -0.4 is 5.32 Å².